The Balaban J connectivity index is 1.92. The van der Waals surface area contributed by atoms with E-state index in [-0.39, 0.29) is 11.1 Å². The summed E-state index contributed by atoms with van der Waals surface area (Å²) in [5.74, 6) is 0.980. The average Bonchev–Trinajstić information content (AvgIpc) is 3.33. The lowest BCUT2D eigenvalue weighted by Crippen LogP contribution is -2.48. The highest BCUT2D eigenvalue weighted by Gasteiger charge is 2.41. The highest BCUT2D eigenvalue weighted by Crippen LogP contribution is 2.37. The minimum atomic E-state index is -2.23. The third kappa shape index (κ3) is 3.86. The van der Waals surface area contributed by atoms with Gasteiger partial charge in [-0.3, -0.25) is 0 Å². The van der Waals surface area contributed by atoms with Gasteiger partial charge in [0.2, 0.25) is 0 Å². The van der Waals surface area contributed by atoms with Gasteiger partial charge < -0.3 is 10.3 Å². The van der Waals surface area contributed by atoms with E-state index in [1.165, 1.54) is 0 Å². The summed E-state index contributed by atoms with van der Waals surface area (Å²) < 4.78 is 8.43. The van der Waals surface area contributed by atoms with E-state index in [0.29, 0.717) is 39.8 Å². The third-order valence-electron chi connectivity index (χ3n) is 5.90. The second-order valence-electron chi connectivity index (χ2n) is 9.70. The lowest BCUT2D eigenvalue weighted by Gasteiger charge is -2.36. The molecule has 0 spiro atoms. The molecule has 0 saturated heterocycles. The van der Waals surface area contributed by atoms with Crippen molar-refractivity contribution >= 4 is 25.3 Å². The van der Waals surface area contributed by atoms with E-state index in [0.717, 1.165) is 0 Å². The van der Waals surface area contributed by atoms with Crippen LogP contribution in [0.4, 0.5) is 5.82 Å². The average molecular weight is 451 g/mol. The highest BCUT2D eigenvalue weighted by atomic mass is 28.4. The predicted molar refractivity (Wildman–Crippen MR) is 128 cm³/mol. The van der Waals surface area contributed by atoms with Crippen molar-refractivity contribution in [3.05, 3.63) is 36.7 Å². The number of aromatic nitrogens is 7. The molecule has 4 aromatic heterocycles. The first kappa shape index (κ1) is 21.9. The molecule has 10 heteroatoms. The molecule has 0 bridgehead atoms. The molecule has 4 heterocycles. The van der Waals surface area contributed by atoms with E-state index < -0.39 is 8.32 Å². The van der Waals surface area contributed by atoms with E-state index in [4.69, 9.17) is 20.2 Å². The minimum Gasteiger partial charge on any atom is -0.466 e. The molecule has 168 valence electrons. The molecule has 0 aliphatic carbocycles. The van der Waals surface area contributed by atoms with Crippen molar-refractivity contribution in [2.75, 3.05) is 5.73 Å². The maximum Gasteiger partial charge on any atom is 0.284 e. The van der Waals surface area contributed by atoms with Crippen molar-refractivity contribution in [2.24, 2.45) is 0 Å². The van der Waals surface area contributed by atoms with Crippen LogP contribution in [0.5, 0.6) is 0 Å². The molecule has 4 aromatic rings. The third-order valence-corrected chi connectivity index (χ3v) is 10.2. The lowest BCUT2D eigenvalue weighted by atomic mass is 10.2. The van der Waals surface area contributed by atoms with Crippen LogP contribution in [0.25, 0.3) is 33.9 Å². The van der Waals surface area contributed by atoms with Gasteiger partial charge in [-0.15, -0.1) is 0 Å². The van der Waals surface area contributed by atoms with Gasteiger partial charge in [-0.25, -0.2) is 15.0 Å². The summed E-state index contributed by atoms with van der Waals surface area (Å²) in [6, 6.07) is 7.72. The van der Waals surface area contributed by atoms with Gasteiger partial charge in [0.05, 0.1) is 23.5 Å². The number of anilines is 1. The number of nitrogens with two attached hydrogens (primary N) is 1. The van der Waals surface area contributed by atoms with Crippen LogP contribution in [0.3, 0.4) is 0 Å². The Labute approximate surface area is 188 Å². The number of hydrogen-bond acceptors (Lipinski definition) is 7. The second-order valence-corrected chi connectivity index (χ2v) is 14.4. The van der Waals surface area contributed by atoms with Crippen LogP contribution in [0.15, 0.2) is 36.7 Å². The Kier molecular flexibility index (Phi) is 5.28. The van der Waals surface area contributed by atoms with Crippen LogP contribution in [0.2, 0.25) is 18.1 Å². The fourth-order valence-corrected chi connectivity index (χ4v) is 3.85. The smallest absolute Gasteiger partial charge is 0.284 e. The fraction of sp³-hybridized carbons (Fsp3) is 0.409. The summed E-state index contributed by atoms with van der Waals surface area (Å²) in [4.78, 5) is 15.6. The molecule has 0 radical (unpaired) electrons. The van der Waals surface area contributed by atoms with Crippen LogP contribution in [-0.2, 0) is 0 Å². The fourth-order valence-electron chi connectivity index (χ4n) is 2.95. The summed E-state index contributed by atoms with van der Waals surface area (Å²) >= 11 is 0. The molecular formula is C22H30N8OSi. The Hall–Kier alpha value is -3.27. The summed E-state index contributed by atoms with van der Waals surface area (Å²) in [5.41, 5.74) is 9.63. The molecular weight excluding hydrogens is 420 g/mol. The van der Waals surface area contributed by atoms with E-state index in [1.54, 1.807) is 21.9 Å². The van der Waals surface area contributed by atoms with Crippen LogP contribution < -0.4 is 10.3 Å². The molecule has 0 fully saturated rings. The zero-order chi connectivity index (χ0) is 23.3. The molecule has 9 nitrogen and oxygen atoms in total. The second kappa shape index (κ2) is 7.70. The highest BCUT2D eigenvalue weighted by molar-refractivity contribution is 6.74. The van der Waals surface area contributed by atoms with Gasteiger partial charge in [-0.2, -0.15) is 19.7 Å². The van der Waals surface area contributed by atoms with Gasteiger partial charge in [-0.05, 0) is 56.2 Å². The molecule has 0 aliphatic rings. The summed E-state index contributed by atoms with van der Waals surface area (Å²) in [6.45, 7) is 15.0. The van der Waals surface area contributed by atoms with Gasteiger partial charge in [0, 0.05) is 6.20 Å². The number of nitrogens with zero attached hydrogens (tertiary/aromatic N) is 7. The molecule has 2 N–H and O–H groups in total. The first-order chi connectivity index (χ1) is 15.0. The van der Waals surface area contributed by atoms with E-state index in [9.17, 15) is 0 Å². The topological polar surface area (TPSA) is 110 Å². The number of fused-ring (bicyclic) bond motifs is 1. The van der Waals surface area contributed by atoms with Crippen LogP contribution in [0, 0.1) is 0 Å². The Bertz CT molecular complexity index is 1270. The first-order valence-corrected chi connectivity index (χ1v) is 13.6. The molecule has 4 rings (SSSR count). The largest absolute Gasteiger partial charge is 0.466 e. The summed E-state index contributed by atoms with van der Waals surface area (Å²) in [5, 5.41) is 8.89. The molecule has 0 amide bonds. The lowest BCUT2D eigenvalue weighted by molar-refractivity contribution is 0.264. The Morgan fingerprint density at radius 2 is 1.81 bits per heavy atom. The predicted octanol–water partition coefficient (Wildman–Crippen LogP) is 4.35. The summed E-state index contributed by atoms with van der Waals surface area (Å²) in [7, 11) is -2.23. The van der Waals surface area contributed by atoms with Crippen molar-refractivity contribution < 1.29 is 4.53 Å². The number of pyridine rings is 2. The van der Waals surface area contributed by atoms with Crippen molar-refractivity contribution in [1.82, 2.24) is 34.7 Å². The molecule has 0 aromatic carbocycles. The molecule has 0 atom stereocenters. The van der Waals surface area contributed by atoms with E-state index in [1.807, 2.05) is 38.1 Å². The molecule has 32 heavy (non-hydrogen) atoms. The Morgan fingerprint density at radius 1 is 1.06 bits per heavy atom. The molecule has 0 unspecified atom stereocenters. The number of nitrogen functional groups attached to an aromatic ring is 1. The molecule has 0 saturated carbocycles. The maximum absolute atomic E-state index is 6.70. The normalized spacial score (nSPS) is 12.6. The number of imidazole rings is 1. The quantitative estimate of drug-likeness (QED) is 0.450. The van der Waals surface area contributed by atoms with Gasteiger partial charge in [0.1, 0.15) is 17.0 Å². The van der Waals surface area contributed by atoms with Crippen LogP contribution in [0.1, 0.15) is 40.7 Å². The van der Waals surface area contributed by atoms with Crippen molar-refractivity contribution in [3.8, 4) is 22.8 Å². The van der Waals surface area contributed by atoms with Crippen molar-refractivity contribution in [3.63, 3.8) is 0 Å². The maximum atomic E-state index is 6.70. The number of rotatable bonds is 5. The van der Waals surface area contributed by atoms with Crippen molar-refractivity contribution in [1.29, 1.82) is 0 Å². The van der Waals surface area contributed by atoms with E-state index in [2.05, 4.69) is 49.0 Å². The van der Waals surface area contributed by atoms with E-state index >= 15 is 0 Å². The van der Waals surface area contributed by atoms with Gasteiger partial charge in [0.15, 0.2) is 11.5 Å². The molecule has 0 aliphatic heterocycles. The summed E-state index contributed by atoms with van der Waals surface area (Å²) in [6.07, 6.45) is 3.39. The SMILES string of the molecule is CC(C)n1ncc(-c2ccc3nc(-c4cccnc4N)n(O[Si](C)(C)C(C)(C)C)c3n2)n1. The zero-order valence-corrected chi connectivity index (χ0v) is 20.7. The van der Waals surface area contributed by atoms with Gasteiger partial charge >= 0.3 is 0 Å². The Morgan fingerprint density at radius 3 is 2.44 bits per heavy atom. The van der Waals surface area contributed by atoms with Crippen LogP contribution >= 0.6 is 0 Å². The van der Waals surface area contributed by atoms with Gasteiger partial charge in [0.25, 0.3) is 8.32 Å². The first-order valence-electron chi connectivity index (χ1n) is 10.7. The minimum absolute atomic E-state index is 0.0150. The number of hydrogen-bond donors (Lipinski definition) is 1. The van der Waals surface area contributed by atoms with Crippen LogP contribution in [-0.4, -0.2) is 43.0 Å². The van der Waals surface area contributed by atoms with Crippen molar-refractivity contribution in [2.45, 2.75) is 58.8 Å². The van der Waals surface area contributed by atoms with Gasteiger partial charge in [-0.1, -0.05) is 20.8 Å². The zero-order valence-electron chi connectivity index (χ0n) is 19.7. The standard InChI is InChI=1S/C22H30N8OSi/c1-14(2)30-25-13-18(28-30)16-10-11-17-21(26-16)29(31-32(6,7)22(3,4)5)20(27-17)15-9-8-12-24-19(15)23/h8-14H,1-7H3,(H2,23,24). The monoisotopic (exact) mass is 450 g/mol.